The van der Waals surface area contributed by atoms with Gasteiger partial charge in [0.05, 0.1) is 13.2 Å². The molecule has 164 valence electrons. The highest BCUT2D eigenvalue weighted by molar-refractivity contribution is 6.30. The summed E-state index contributed by atoms with van der Waals surface area (Å²) in [4.78, 5) is 4.28. The highest BCUT2D eigenvalue weighted by Gasteiger charge is 2.33. The Hall–Kier alpha value is -1.83. The van der Waals surface area contributed by atoms with E-state index >= 15 is 0 Å². The molecule has 1 aliphatic rings. The van der Waals surface area contributed by atoms with E-state index in [0.29, 0.717) is 30.5 Å². The minimum atomic E-state index is -1.09. The van der Waals surface area contributed by atoms with Crippen molar-refractivity contribution in [3.05, 3.63) is 59.1 Å². The van der Waals surface area contributed by atoms with Crippen LogP contribution in [0, 0.1) is 0 Å². The highest BCUT2D eigenvalue weighted by atomic mass is 35.5. The SMILES string of the molecule is CN(C)CCOc1ccc(CN2CCOCC(O)(COc3cccc(Cl)c3)C2)cc1. The van der Waals surface area contributed by atoms with Crippen molar-refractivity contribution < 1.29 is 19.3 Å². The maximum atomic E-state index is 11.1. The summed E-state index contributed by atoms with van der Waals surface area (Å²) in [6.07, 6.45) is 0. The second-order valence-electron chi connectivity index (χ2n) is 8.03. The number of aliphatic hydroxyl groups is 1. The second kappa shape index (κ2) is 11.0. The largest absolute Gasteiger partial charge is 0.492 e. The molecular formula is C23H31ClN2O4. The van der Waals surface area contributed by atoms with Gasteiger partial charge in [-0.15, -0.1) is 0 Å². The van der Waals surface area contributed by atoms with Gasteiger partial charge in [0, 0.05) is 31.2 Å². The Morgan fingerprint density at radius 2 is 1.93 bits per heavy atom. The summed E-state index contributed by atoms with van der Waals surface area (Å²) >= 11 is 6.01. The Balaban J connectivity index is 1.54. The molecule has 3 rings (SSSR count). The molecule has 0 spiro atoms. The van der Waals surface area contributed by atoms with Crippen LogP contribution in [0.2, 0.25) is 5.02 Å². The van der Waals surface area contributed by atoms with Crippen LogP contribution in [0.1, 0.15) is 5.56 Å². The molecule has 1 atom stereocenters. The second-order valence-corrected chi connectivity index (χ2v) is 8.47. The number of ether oxygens (including phenoxy) is 3. The zero-order valence-electron chi connectivity index (χ0n) is 17.7. The van der Waals surface area contributed by atoms with E-state index in [1.165, 1.54) is 0 Å². The molecule has 1 unspecified atom stereocenters. The topological polar surface area (TPSA) is 54.4 Å². The van der Waals surface area contributed by atoms with Gasteiger partial charge in [0.2, 0.25) is 0 Å². The molecule has 1 fully saturated rings. The maximum Gasteiger partial charge on any atom is 0.134 e. The van der Waals surface area contributed by atoms with Crippen LogP contribution in [0.5, 0.6) is 11.5 Å². The number of hydrogen-bond acceptors (Lipinski definition) is 6. The molecule has 6 nitrogen and oxygen atoms in total. The van der Waals surface area contributed by atoms with Crippen LogP contribution >= 0.6 is 11.6 Å². The third kappa shape index (κ3) is 7.45. The summed E-state index contributed by atoms with van der Waals surface area (Å²) in [5.74, 6) is 1.50. The Labute approximate surface area is 183 Å². The number of likely N-dealkylation sites (N-methyl/N-ethyl adjacent to an activating group) is 1. The van der Waals surface area contributed by atoms with E-state index in [0.717, 1.165) is 30.9 Å². The van der Waals surface area contributed by atoms with Gasteiger partial charge in [0.15, 0.2) is 0 Å². The van der Waals surface area contributed by atoms with Crippen LogP contribution in [0.3, 0.4) is 0 Å². The number of halogens is 1. The lowest BCUT2D eigenvalue weighted by Crippen LogP contribution is -2.48. The van der Waals surface area contributed by atoms with Crippen molar-refractivity contribution >= 4 is 11.6 Å². The van der Waals surface area contributed by atoms with Gasteiger partial charge < -0.3 is 24.2 Å². The fourth-order valence-corrected chi connectivity index (χ4v) is 3.47. The molecule has 0 saturated carbocycles. The first-order chi connectivity index (χ1) is 14.4. The fraction of sp³-hybridized carbons (Fsp3) is 0.478. The van der Waals surface area contributed by atoms with Gasteiger partial charge in [-0.2, -0.15) is 0 Å². The van der Waals surface area contributed by atoms with Crippen molar-refractivity contribution in [3.63, 3.8) is 0 Å². The Kier molecular flexibility index (Phi) is 8.36. The molecule has 2 aromatic carbocycles. The van der Waals surface area contributed by atoms with Gasteiger partial charge in [-0.05, 0) is 50.0 Å². The predicted octanol–water partition coefficient (Wildman–Crippen LogP) is 2.92. The monoisotopic (exact) mass is 434 g/mol. The molecule has 0 bridgehead atoms. The van der Waals surface area contributed by atoms with Crippen LogP contribution in [-0.2, 0) is 11.3 Å². The van der Waals surface area contributed by atoms with Gasteiger partial charge in [0.25, 0.3) is 0 Å². The lowest BCUT2D eigenvalue weighted by molar-refractivity contribution is -0.0646. The third-order valence-electron chi connectivity index (χ3n) is 4.88. The number of benzene rings is 2. The lowest BCUT2D eigenvalue weighted by Gasteiger charge is -2.30. The molecule has 30 heavy (non-hydrogen) atoms. The highest BCUT2D eigenvalue weighted by Crippen LogP contribution is 2.21. The van der Waals surface area contributed by atoms with Crippen LogP contribution in [0.4, 0.5) is 0 Å². The first kappa shape index (κ1) is 22.8. The van der Waals surface area contributed by atoms with Crippen LogP contribution in [-0.4, -0.2) is 80.7 Å². The number of rotatable bonds is 9. The van der Waals surface area contributed by atoms with Crippen LogP contribution in [0.15, 0.2) is 48.5 Å². The Morgan fingerprint density at radius 3 is 2.67 bits per heavy atom. The van der Waals surface area contributed by atoms with Crippen molar-refractivity contribution in [2.45, 2.75) is 12.1 Å². The molecule has 2 aromatic rings. The molecule has 7 heteroatoms. The Bertz CT molecular complexity index is 787. The number of nitrogens with zero attached hydrogens (tertiary/aromatic N) is 2. The Morgan fingerprint density at radius 1 is 1.13 bits per heavy atom. The number of β-amino-alcohol motifs (C(OH)–C–C–N with tert-alkyl or cyclic N) is 1. The summed E-state index contributed by atoms with van der Waals surface area (Å²) in [6.45, 7) is 4.44. The standard InChI is InChI=1S/C23H31ClN2O4/c1-25(2)10-13-29-21-8-6-19(7-9-21)15-26-11-12-28-17-23(27,16-26)18-30-22-5-3-4-20(24)14-22/h3-9,14,27H,10-13,15-18H2,1-2H3. The van der Waals surface area contributed by atoms with E-state index < -0.39 is 5.60 Å². The van der Waals surface area contributed by atoms with E-state index in [1.807, 2.05) is 38.4 Å². The van der Waals surface area contributed by atoms with Crippen molar-refractivity contribution in [2.24, 2.45) is 0 Å². The van der Waals surface area contributed by atoms with Gasteiger partial charge >= 0.3 is 0 Å². The normalized spacial score (nSPS) is 20.2. The minimum Gasteiger partial charge on any atom is -0.492 e. The zero-order valence-corrected chi connectivity index (χ0v) is 18.5. The molecular weight excluding hydrogens is 404 g/mol. The quantitative estimate of drug-likeness (QED) is 0.655. The van der Waals surface area contributed by atoms with Gasteiger partial charge in [-0.25, -0.2) is 0 Å². The van der Waals surface area contributed by atoms with Crippen molar-refractivity contribution in [1.29, 1.82) is 0 Å². The van der Waals surface area contributed by atoms with Crippen LogP contribution in [0.25, 0.3) is 0 Å². The van der Waals surface area contributed by atoms with E-state index in [2.05, 4.69) is 21.9 Å². The average Bonchev–Trinajstić information content (AvgIpc) is 2.89. The van der Waals surface area contributed by atoms with E-state index in [1.54, 1.807) is 12.1 Å². The summed E-state index contributed by atoms with van der Waals surface area (Å²) in [5.41, 5.74) is 0.0728. The van der Waals surface area contributed by atoms with E-state index in [-0.39, 0.29) is 13.2 Å². The van der Waals surface area contributed by atoms with E-state index in [4.69, 9.17) is 25.8 Å². The smallest absolute Gasteiger partial charge is 0.134 e. The van der Waals surface area contributed by atoms with Gasteiger partial charge in [0.1, 0.15) is 30.3 Å². The predicted molar refractivity (Wildman–Crippen MR) is 118 cm³/mol. The van der Waals surface area contributed by atoms with E-state index in [9.17, 15) is 5.11 Å². The molecule has 1 heterocycles. The summed E-state index contributed by atoms with van der Waals surface area (Å²) < 4.78 is 17.2. The first-order valence-electron chi connectivity index (χ1n) is 10.2. The summed E-state index contributed by atoms with van der Waals surface area (Å²) in [5, 5.41) is 11.7. The van der Waals surface area contributed by atoms with Crippen molar-refractivity contribution in [1.82, 2.24) is 9.80 Å². The molecule has 0 aromatic heterocycles. The maximum absolute atomic E-state index is 11.1. The van der Waals surface area contributed by atoms with Crippen molar-refractivity contribution in [2.75, 3.05) is 60.2 Å². The molecule has 1 N–H and O–H groups in total. The average molecular weight is 435 g/mol. The van der Waals surface area contributed by atoms with Crippen molar-refractivity contribution in [3.8, 4) is 11.5 Å². The molecule has 0 amide bonds. The summed E-state index contributed by atoms with van der Waals surface area (Å²) in [7, 11) is 4.05. The fourth-order valence-electron chi connectivity index (χ4n) is 3.29. The molecule has 1 aliphatic heterocycles. The number of hydrogen-bond donors (Lipinski definition) is 1. The summed E-state index contributed by atoms with van der Waals surface area (Å²) in [6, 6.07) is 15.3. The molecule has 0 aliphatic carbocycles. The first-order valence-corrected chi connectivity index (χ1v) is 10.6. The molecule has 0 radical (unpaired) electrons. The van der Waals surface area contributed by atoms with Crippen LogP contribution < -0.4 is 9.47 Å². The minimum absolute atomic E-state index is 0.141. The van der Waals surface area contributed by atoms with Gasteiger partial charge in [-0.1, -0.05) is 29.8 Å². The zero-order chi connectivity index (χ0) is 21.4. The van der Waals surface area contributed by atoms with Gasteiger partial charge in [-0.3, -0.25) is 4.90 Å². The lowest BCUT2D eigenvalue weighted by atomic mass is 10.1. The molecule has 1 saturated heterocycles. The third-order valence-corrected chi connectivity index (χ3v) is 5.12.